The van der Waals surface area contributed by atoms with Crippen LogP contribution in [0.4, 0.5) is 0 Å². The van der Waals surface area contributed by atoms with Crippen molar-refractivity contribution in [3.63, 3.8) is 0 Å². The Kier molecular flexibility index (Phi) is 5.56. The smallest absolute Gasteiger partial charge is 0.253 e. The van der Waals surface area contributed by atoms with Gasteiger partial charge in [-0.3, -0.25) is 9.69 Å². The standard InChI is InChI=1S/C22H29N7O2/c1-15-5-6-19-16(12-15)13-18(22(30)23-19)20(28-9-7-27(2)8-10-28)21-24-25-26-29(21)14-17-4-3-11-31-17/h5-6,12-13,17,20H,3-4,7-11,14H2,1-2H3,(H,23,30). The summed E-state index contributed by atoms with van der Waals surface area (Å²) >= 11 is 0. The van der Waals surface area contributed by atoms with Crippen LogP contribution in [0, 0.1) is 6.92 Å². The van der Waals surface area contributed by atoms with Gasteiger partial charge in [0, 0.05) is 43.9 Å². The lowest BCUT2D eigenvalue weighted by Gasteiger charge is -2.37. The van der Waals surface area contributed by atoms with E-state index in [0.717, 1.165) is 62.1 Å². The van der Waals surface area contributed by atoms with Crippen molar-refractivity contribution in [2.24, 2.45) is 0 Å². The number of benzene rings is 1. The van der Waals surface area contributed by atoms with Crippen LogP contribution in [-0.2, 0) is 11.3 Å². The fourth-order valence-corrected chi connectivity index (χ4v) is 4.64. The number of ether oxygens (including phenoxy) is 1. The van der Waals surface area contributed by atoms with Gasteiger partial charge < -0.3 is 14.6 Å². The van der Waals surface area contributed by atoms with Crippen molar-refractivity contribution in [3.8, 4) is 0 Å². The van der Waals surface area contributed by atoms with Gasteiger partial charge in [0.15, 0.2) is 5.82 Å². The van der Waals surface area contributed by atoms with Crippen molar-refractivity contribution >= 4 is 10.9 Å². The van der Waals surface area contributed by atoms with Crippen LogP contribution in [0.1, 0.15) is 35.8 Å². The molecular formula is C22H29N7O2. The molecule has 0 radical (unpaired) electrons. The van der Waals surface area contributed by atoms with Crippen LogP contribution in [0.15, 0.2) is 29.1 Å². The molecule has 2 unspecified atom stereocenters. The molecule has 1 aromatic carbocycles. The predicted octanol–water partition coefficient (Wildman–Crippen LogP) is 1.34. The number of H-pyrrole nitrogens is 1. The summed E-state index contributed by atoms with van der Waals surface area (Å²) in [5, 5.41) is 13.7. The zero-order valence-electron chi connectivity index (χ0n) is 18.1. The number of likely N-dealkylation sites (N-methyl/N-ethyl adjacent to an activating group) is 1. The van der Waals surface area contributed by atoms with Gasteiger partial charge >= 0.3 is 0 Å². The molecule has 0 saturated carbocycles. The number of hydrogen-bond acceptors (Lipinski definition) is 7. The van der Waals surface area contributed by atoms with Crippen molar-refractivity contribution in [1.82, 2.24) is 35.0 Å². The lowest BCUT2D eigenvalue weighted by molar-refractivity contribution is 0.0878. The molecule has 2 aliphatic heterocycles. The molecule has 0 bridgehead atoms. The molecule has 2 fully saturated rings. The molecule has 9 nitrogen and oxygen atoms in total. The maximum absolute atomic E-state index is 13.2. The minimum Gasteiger partial charge on any atom is -0.376 e. The van der Waals surface area contributed by atoms with Gasteiger partial charge in [-0.15, -0.1) is 5.10 Å². The second kappa shape index (κ2) is 8.49. The molecule has 4 heterocycles. The first-order chi connectivity index (χ1) is 15.1. The van der Waals surface area contributed by atoms with E-state index in [1.165, 1.54) is 0 Å². The molecule has 2 saturated heterocycles. The zero-order valence-corrected chi connectivity index (χ0v) is 18.1. The van der Waals surface area contributed by atoms with Crippen molar-refractivity contribution in [2.45, 2.75) is 38.5 Å². The highest BCUT2D eigenvalue weighted by molar-refractivity contribution is 5.79. The Labute approximate surface area is 181 Å². The predicted molar refractivity (Wildman–Crippen MR) is 117 cm³/mol. The Morgan fingerprint density at radius 2 is 2.06 bits per heavy atom. The van der Waals surface area contributed by atoms with Gasteiger partial charge in [-0.2, -0.15) is 0 Å². The number of fused-ring (bicyclic) bond motifs is 1. The Morgan fingerprint density at radius 1 is 1.23 bits per heavy atom. The molecule has 31 heavy (non-hydrogen) atoms. The van der Waals surface area contributed by atoms with Gasteiger partial charge in [0.05, 0.1) is 12.6 Å². The summed E-state index contributed by atoms with van der Waals surface area (Å²) in [5.74, 6) is 0.706. The topological polar surface area (TPSA) is 92.2 Å². The number of nitrogens with zero attached hydrogens (tertiary/aromatic N) is 6. The van der Waals surface area contributed by atoms with E-state index in [1.54, 1.807) is 0 Å². The number of aromatic nitrogens is 5. The second-order valence-electron chi connectivity index (χ2n) is 8.74. The van der Waals surface area contributed by atoms with Crippen LogP contribution in [0.2, 0.25) is 0 Å². The fraction of sp³-hybridized carbons (Fsp3) is 0.545. The minimum atomic E-state index is -0.307. The Bertz CT molecular complexity index is 1110. The number of aryl methyl sites for hydroxylation is 1. The zero-order chi connectivity index (χ0) is 21.4. The molecule has 9 heteroatoms. The highest BCUT2D eigenvalue weighted by Crippen LogP contribution is 2.28. The van der Waals surface area contributed by atoms with Gasteiger partial charge in [0.2, 0.25) is 0 Å². The highest BCUT2D eigenvalue weighted by Gasteiger charge is 2.33. The average molecular weight is 424 g/mol. The van der Waals surface area contributed by atoms with Crippen LogP contribution in [0.3, 0.4) is 0 Å². The Morgan fingerprint density at radius 3 is 2.84 bits per heavy atom. The summed E-state index contributed by atoms with van der Waals surface area (Å²) in [7, 11) is 2.12. The molecule has 2 aliphatic rings. The molecule has 3 aromatic rings. The van der Waals surface area contributed by atoms with Gasteiger partial charge in [-0.1, -0.05) is 11.6 Å². The van der Waals surface area contributed by atoms with Crippen molar-refractivity contribution < 1.29 is 4.74 Å². The third kappa shape index (κ3) is 4.13. The Hall–Kier alpha value is -2.62. The van der Waals surface area contributed by atoms with Crippen molar-refractivity contribution in [3.05, 3.63) is 51.6 Å². The highest BCUT2D eigenvalue weighted by atomic mass is 16.5. The summed E-state index contributed by atoms with van der Waals surface area (Å²) in [4.78, 5) is 20.9. The maximum atomic E-state index is 13.2. The molecular weight excluding hydrogens is 394 g/mol. The van der Waals surface area contributed by atoms with Crippen LogP contribution < -0.4 is 5.56 Å². The molecule has 0 aliphatic carbocycles. The molecule has 2 atom stereocenters. The summed E-state index contributed by atoms with van der Waals surface area (Å²) in [6, 6.07) is 7.78. The van der Waals surface area contributed by atoms with E-state index < -0.39 is 0 Å². The van der Waals surface area contributed by atoms with Gasteiger partial charge in [0.25, 0.3) is 5.56 Å². The summed E-state index contributed by atoms with van der Waals surface area (Å²) < 4.78 is 7.65. The number of piperazine rings is 1. The monoisotopic (exact) mass is 423 g/mol. The van der Waals surface area contributed by atoms with E-state index in [-0.39, 0.29) is 17.7 Å². The van der Waals surface area contributed by atoms with Crippen LogP contribution in [0.5, 0.6) is 0 Å². The number of hydrogen-bond donors (Lipinski definition) is 1. The number of rotatable bonds is 5. The van der Waals surface area contributed by atoms with E-state index in [1.807, 2.05) is 22.9 Å². The van der Waals surface area contributed by atoms with Crippen molar-refractivity contribution in [2.75, 3.05) is 39.8 Å². The van der Waals surface area contributed by atoms with Crippen LogP contribution in [-0.4, -0.2) is 80.9 Å². The number of pyridine rings is 1. The maximum Gasteiger partial charge on any atom is 0.253 e. The van der Waals surface area contributed by atoms with Crippen LogP contribution in [0.25, 0.3) is 10.9 Å². The van der Waals surface area contributed by atoms with E-state index in [2.05, 4.69) is 50.3 Å². The largest absolute Gasteiger partial charge is 0.376 e. The number of aromatic amines is 1. The normalized spacial score (nSPS) is 21.7. The van der Waals surface area contributed by atoms with Crippen LogP contribution >= 0.6 is 0 Å². The molecule has 5 rings (SSSR count). The van der Waals surface area contributed by atoms with E-state index in [0.29, 0.717) is 17.9 Å². The minimum absolute atomic E-state index is 0.0908. The SMILES string of the molecule is Cc1ccc2[nH]c(=O)c(C(c3nnnn3CC3CCCO3)N3CCN(C)CC3)cc2c1. The lowest BCUT2D eigenvalue weighted by Crippen LogP contribution is -2.47. The first-order valence-electron chi connectivity index (χ1n) is 11.0. The third-order valence-electron chi connectivity index (χ3n) is 6.43. The second-order valence-corrected chi connectivity index (χ2v) is 8.74. The number of nitrogens with one attached hydrogen (secondary N) is 1. The quantitative estimate of drug-likeness (QED) is 0.662. The molecule has 2 aromatic heterocycles. The summed E-state index contributed by atoms with van der Waals surface area (Å²) in [5.41, 5.74) is 2.60. The van der Waals surface area contributed by atoms with E-state index >= 15 is 0 Å². The van der Waals surface area contributed by atoms with E-state index in [9.17, 15) is 4.79 Å². The molecule has 0 amide bonds. The summed E-state index contributed by atoms with van der Waals surface area (Å²) in [6.07, 6.45) is 2.19. The third-order valence-corrected chi connectivity index (χ3v) is 6.43. The number of tetrazole rings is 1. The van der Waals surface area contributed by atoms with Gasteiger partial charge in [0.1, 0.15) is 6.04 Å². The first-order valence-corrected chi connectivity index (χ1v) is 11.0. The first kappa shape index (κ1) is 20.3. The van der Waals surface area contributed by atoms with Gasteiger partial charge in [-0.25, -0.2) is 4.68 Å². The average Bonchev–Trinajstić information content (AvgIpc) is 3.43. The molecule has 164 valence electrons. The van der Waals surface area contributed by atoms with Gasteiger partial charge in [-0.05, 0) is 60.8 Å². The Balaban J connectivity index is 1.59. The molecule has 0 spiro atoms. The van der Waals surface area contributed by atoms with Crippen molar-refractivity contribution in [1.29, 1.82) is 0 Å². The lowest BCUT2D eigenvalue weighted by atomic mass is 10.0. The fourth-order valence-electron chi connectivity index (χ4n) is 4.64. The molecule has 1 N–H and O–H groups in total. The van der Waals surface area contributed by atoms with E-state index in [4.69, 9.17) is 4.74 Å². The summed E-state index contributed by atoms with van der Waals surface area (Å²) in [6.45, 7) is 7.02.